The molecular formula is C18H24O3. The standard InChI is InChI=1S/C18H24O3/c1-5-10-14(6-2)16(15-11-8-7-9-12-15)17(19)18(20)21-13(3)4/h6-9,11-14,16H,2,5,10H2,1,3-4H3/t14-,16+/m1/s1. The highest BCUT2D eigenvalue weighted by Crippen LogP contribution is 2.30. The second-order valence-corrected chi connectivity index (χ2v) is 5.39. The number of hydrogen-bond donors (Lipinski definition) is 0. The first-order chi connectivity index (χ1) is 10.0. The SMILES string of the molecule is C=C[C@H](CCC)[C@H](C(=O)C(=O)OC(C)C)c1ccccc1. The van der Waals surface area contributed by atoms with Gasteiger partial charge in [0.15, 0.2) is 0 Å². The molecule has 114 valence electrons. The van der Waals surface area contributed by atoms with E-state index in [0.29, 0.717) is 0 Å². The van der Waals surface area contributed by atoms with Crippen molar-refractivity contribution in [2.45, 2.75) is 45.6 Å². The van der Waals surface area contributed by atoms with Gasteiger partial charge in [0, 0.05) is 0 Å². The minimum atomic E-state index is -0.762. The number of ether oxygens (including phenoxy) is 1. The quantitative estimate of drug-likeness (QED) is 0.414. The largest absolute Gasteiger partial charge is 0.457 e. The van der Waals surface area contributed by atoms with E-state index in [1.54, 1.807) is 19.9 Å². The smallest absolute Gasteiger partial charge is 0.375 e. The lowest BCUT2D eigenvalue weighted by molar-refractivity contribution is -0.157. The van der Waals surface area contributed by atoms with Gasteiger partial charge in [0.25, 0.3) is 0 Å². The molecule has 0 radical (unpaired) electrons. The zero-order valence-electron chi connectivity index (χ0n) is 13.0. The van der Waals surface area contributed by atoms with E-state index in [1.165, 1.54) is 0 Å². The van der Waals surface area contributed by atoms with E-state index in [2.05, 4.69) is 13.5 Å². The van der Waals surface area contributed by atoms with Crippen LogP contribution >= 0.6 is 0 Å². The molecule has 1 aromatic rings. The van der Waals surface area contributed by atoms with Crippen LogP contribution in [0.5, 0.6) is 0 Å². The van der Waals surface area contributed by atoms with Crippen molar-refractivity contribution in [3.8, 4) is 0 Å². The number of hydrogen-bond acceptors (Lipinski definition) is 3. The summed E-state index contributed by atoms with van der Waals surface area (Å²) in [6.07, 6.45) is 3.20. The Labute approximate surface area is 127 Å². The van der Waals surface area contributed by atoms with Gasteiger partial charge in [-0.1, -0.05) is 49.8 Å². The summed E-state index contributed by atoms with van der Waals surface area (Å²) in [4.78, 5) is 24.5. The fourth-order valence-corrected chi connectivity index (χ4v) is 2.41. The third kappa shape index (κ3) is 4.85. The topological polar surface area (TPSA) is 43.4 Å². The fourth-order valence-electron chi connectivity index (χ4n) is 2.41. The first-order valence-corrected chi connectivity index (χ1v) is 7.43. The fraction of sp³-hybridized carbons (Fsp3) is 0.444. The van der Waals surface area contributed by atoms with Gasteiger partial charge in [0.2, 0.25) is 5.78 Å². The molecule has 0 unspecified atom stereocenters. The van der Waals surface area contributed by atoms with Crippen LogP contribution in [0.1, 0.15) is 45.1 Å². The average molecular weight is 288 g/mol. The van der Waals surface area contributed by atoms with Crippen molar-refractivity contribution < 1.29 is 14.3 Å². The molecule has 0 aromatic heterocycles. The van der Waals surface area contributed by atoms with Gasteiger partial charge in [0.1, 0.15) is 0 Å². The van der Waals surface area contributed by atoms with Crippen LogP contribution in [0.15, 0.2) is 43.0 Å². The zero-order valence-corrected chi connectivity index (χ0v) is 13.0. The normalized spacial score (nSPS) is 13.5. The lowest BCUT2D eigenvalue weighted by Gasteiger charge is -2.23. The second kappa shape index (κ2) is 8.40. The number of carbonyl (C=O) groups is 2. The van der Waals surface area contributed by atoms with Crippen molar-refractivity contribution in [3.05, 3.63) is 48.6 Å². The lowest BCUT2D eigenvalue weighted by atomic mass is 9.80. The Morgan fingerprint density at radius 1 is 1.24 bits per heavy atom. The number of carbonyl (C=O) groups excluding carboxylic acids is 2. The van der Waals surface area contributed by atoms with Crippen molar-refractivity contribution in [2.75, 3.05) is 0 Å². The average Bonchev–Trinajstić information content (AvgIpc) is 2.46. The van der Waals surface area contributed by atoms with Crippen molar-refractivity contribution >= 4 is 11.8 Å². The van der Waals surface area contributed by atoms with Crippen molar-refractivity contribution in [3.63, 3.8) is 0 Å². The molecule has 0 bridgehead atoms. The molecule has 0 spiro atoms. The molecule has 2 atom stereocenters. The molecule has 3 nitrogen and oxygen atoms in total. The number of allylic oxidation sites excluding steroid dienone is 1. The number of rotatable bonds is 8. The van der Waals surface area contributed by atoms with E-state index in [9.17, 15) is 9.59 Å². The molecule has 0 heterocycles. The van der Waals surface area contributed by atoms with Gasteiger partial charge in [0.05, 0.1) is 12.0 Å². The number of esters is 1. The molecule has 0 aliphatic heterocycles. The summed E-state index contributed by atoms with van der Waals surface area (Å²) in [6, 6.07) is 9.37. The molecule has 0 fully saturated rings. The highest BCUT2D eigenvalue weighted by molar-refractivity contribution is 6.36. The maximum atomic E-state index is 12.5. The third-order valence-electron chi connectivity index (χ3n) is 3.34. The Kier molecular flexibility index (Phi) is 6.86. The number of Topliss-reactive ketones (excluding diaryl/α,β-unsaturated/α-hetero) is 1. The Bertz CT molecular complexity index is 476. The Hall–Kier alpha value is -1.90. The molecule has 0 aliphatic carbocycles. The molecule has 21 heavy (non-hydrogen) atoms. The highest BCUT2D eigenvalue weighted by Gasteiger charge is 2.33. The monoisotopic (exact) mass is 288 g/mol. The van der Waals surface area contributed by atoms with Crippen LogP contribution < -0.4 is 0 Å². The van der Waals surface area contributed by atoms with Crippen molar-refractivity contribution in [1.82, 2.24) is 0 Å². The molecule has 0 aliphatic rings. The predicted octanol–water partition coefficient (Wildman–Crippen LogP) is 3.89. The summed E-state index contributed by atoms with van der Waals surface area (Å²) < 4.78 is 5.06. The van der Waals surface area contributed by atoms with Gasteiger partial charge in [-0.2, -0.15) is 0 Å². The summed E-state index contributed by atoms with van der Waals surface area (Å²) in [6.45, 7) is 9.35. The van der Waals surface area contributed by atoms with Crippen LogP contribution in [0.4, 0.5) is 0 Å². The lowest BCUT2D eigenvalue weighted by Crippen LogP contribution is -2.30. The summed E-state index contributed by atoms with van der Waals surface area (Å²) >= 11 is 0. The number of ketones is 1. The summed E-state index contributed by atoms with van der Waals surface area (Å²) in [5, 5.41) is 0. The minimum absolute atomic E-state index is 0.0652. The van der Waals surface area contributed by atoms with Crippen LogP contribution in [0.25, 0.3) is 0 Å². The van der Waals surface area contributed by atoms with E-state index in [-0.39, 0.29) is 12.0 Å². The van der Waals surface area contributed by atoms with E-state index in [0.717, 1.165) is 18.4 Å². The molecule has 0 N–H and O–H groups in total. The minimum Gasteiger partial charge on any atom is -0.457 e. The molecular weight excluding hydrogens is 264 g/mol. The van der Waals surface area contributed by atoms with E-state index in [4.69, 9.17) is 4.74 Å². The first-order valence-electron chi connectivity index (χ1n) is 7.43. The van der Waals surface area contributed by atoms with Crippen LogP contribution in [-0.2, 0) is 14.3 Å². The molecule has 0 saturated heterocycles. The van der Waals surface area contributed by atoms with Crippen LogP contribution in [-0.4, -0.2) is 17.9 Å². The maximum Gasteiger partial charge on any atom is 0.375 e. The molecule has 1 rings (SSSR count). The van der Waals surface area contributed by atoms with Gasteiger partial charge in [-0.25, -0.2) is 4.79 Å². The van der Waals surface area contributed by atoms with Gasteiger partial charge in [-0.3, -0.25) is 4.79 Å². The van der Waals surface area contributed by atoms with Gasteiger partial charge >= 0.3 is 5.97 Å². The van der Waals surface area contributed by atoms with Gasteiger partial charge in [-0.05, 0) is 31.7 Å². The maximum absolute atomic E-state index is 12.5. The predicted molar refractivity (Wildman–Crippen MR) is 84.0 cm³/mol. The van der Waals surface area contributed by atoms with Gasteiger partial charge < -0.3 is 4.74 Å². The van der Waals surface area contributed by atoms with Crippen LogP contribution in [0.2, 0.25) is 0 Å². The zero-order chi connectivity index (χ0) is 15.8. The van der Waals surface area contributed by atoms with E-state index in [1.807, 2.05) is 30.3 Å². The summed E-state index contributed by atoms with van der Waals surface area (Å²) in [5.74, 6) is -1.84. The highest BCUT2D eigenvalue weighted by atomic mass is 16.5. The summed E-state index contributed by atoms with van der Waals surface area (Å²) in [7, 11) is 0. The van der Waals surface area contributed by atoms with Crippen LogP contribution in [0, 0.1) is 5.92 Å². The first kappa shape index (κ1) is 17.2. The number of benzene rings is 1. The van der Waals surface area contributed by atoms with Gasteiger partial charge in [-0.15, -0.1) is 6.58 Å². The second-order valence-electron chi connectivity index (χ2n) is 5.39. The molecule has 1 aromatic carbocycles. The van der Waals surface area contributed by atoms with Crippen molar-refractivity contribution in [2.24, 2.45) is 5.92 Å². The molecule has 0 saturated carbocycles. The summed E-state index contributed by atoms with van der Waals surface area (Å²) in [5.41, 5.74) is 0.835. The van der Waals surface area contributed by atoms with Crippen molar-refractivity contribution in [1.29, 1.82) is 0 Å². The Balaban J connectivity index is 3.10. The van der Waals surface area contributed by atoms with E-state index < -0.39 is 17.7 Å². The molecule has 3 heteroatoms. The third-order valence-corrected chi connectivity index (χ3v) is 3.34. The Morgan fingerprint density at radius 3 is 2.33 bits per heavy atom. The Morgan fingerprint density at radius 2 is 1.86 bits per heavy atom. The van der Waals surface area contributed by atoms with E-state index >= 15 is 0 Å². The van der Waals surface area contributed by atoms with Crippen LogP contribution in [0.3, 0.4) is 0 Å². The molecule has 0 amide bonds.